The van der Waals surface area contributed by atoms with Crippen LogP contribution >= 0.6 is 0 Å². The van der Waals surface area contributed by atoms with Crippen molar-refractivity contribution in [2.45, 2.75) is 6.10 Å². The van der Waals surface area contributed by atoms with Crippen LogP contribution in [0.15, 0.2) is 6.20 Å². The molecule has 1 amide bonds. The normalized spacial score (nSPS) is 17.2. The zero-order valence-corrected chi connectivity index (χ0v) is 7.21. The third-order valence-electron chi connectivity index (χ3n) is 1.97. The van der Waals surface area contributed by atoms with Gasteiger partial charge in [0.2, 0.25) is 0 Å². The number of aliphatic hydroxyl groups is 1. The maximum atomic E-state index is 11.5. The molecule has 1 aromatic heterocycles. The molecule has 0 spiro atoms. The van der Waals surface area contributed by atoms with E-state index in [0.29, 0.717) is 18.8 Å². The van der Waals surface area contributed by atoms with Crippen LogP contribution < -0.4 is 0 Å². The van der Waals surface area contributed by atoms with Crippen LogP contribution in [0, 0.1) is 0 Å². The zero-order chi connectivity index (χ0) is 9.42. The lowest BCUT2D eigenvalue weighted by Gasteiger charge is -2.35. The molecule has 2 rings (SSSR count). The summed E-state index contributed by atoms with van der Waals surface area (Å²) < 4.78 is 1.48. The van der Waals surface area contributed by atoms with E-state index in [4.69, 9.17) is 5.11 Å². The number of nitrogens with zero attached hydrogens (tertiary/aromatic N) is 4. The van der Waals surface area contributed by atoms with Crippen molar-refractivity contribution in [3.8, 4) is 0 Å². The molecule has 0 atom stereocenters. The van der Waals surface area contributed by atoms with Crippen LogP contribution in [0.4, 0.5) is 0 Å². The van der Waals surface area contributed by atoms with Gasteiger partial charge in [-0.25, -0.2) is 0 Å². The largest absolute Gasteiger partial charge is 0.389 e. The van der Waals surface area contributed by atoms with E-state index in [-0.39, 0.29) is 12.0 Å². The highest BCUT2D eigenvalue weighted by molar-refractivity contribution is 5.92. The Morgan fingerprint density at radius 3 is 2.85 bits per heavy atom. The van der Waals surface area contributed by atoms with E-state index in [1.807, 2.05) is 0 Å². The van der Waals surface area contributed by atoms with Crippen molar-refractivity contribution in [2.24, 2.45) is 7.05 Å². The number of likely N-dealkylation sites (tertiary alicyclic amines) is 1. The van der Waals surface area contributed by atoms with Gasteiger partial charge in [0.15, 0.2) is 5.69 Å². The first-order chi connectivity index (χ1) is 6.16. The second-order valence-corrected chi connectivity index (χ2v) is 3.14. The predicted octanol–water partition coefficient (Wildman–Crippen LogP) is -1.37. The second kappa shape index (κ2) is 2.81. The first-order valence-electron chi connectivity index (χ1n) is 4.00. The highest BCUT2D eigenvalue weighted by Crippen LogP contribution is 2.10. The quantitative estimate of drug-likeness (QED) is 0.581. The van der Waals surface area contributed by atoms with Gasteiger partial charge in [0.05, 0.1) is 12.3 Å². The molecule has 0 unspecified atom stereocenters. The predicted molar refractivity (Wildman–Crippen MR) is 42.9 cm³/mol. The summed E-state index contributed by atoms with van der Waals surface area (Å²) in [7, 11) is 1.70. The first kappa shape index (κ1) is 8.18. The van der Waals surface area contributed by atoms with E-state index in [9.17, 15) is 4.79 Å². The Morgan fingerprint density at radius 1 is 1.69 bits per heavy atom. The summed E-state index contributed by atoms with van der Waals surface area (Å²) in [6.45, 7) is 0.796. The molecule has 6 nitrogen and oxygen atoms in total. The van der Waals surface area contributed by atoms with Gasteiger partial charge in [-0.05, 0) is 0 Å². The Labute approximate surface area is 74.8 Å². The van der Waals surface area contributed by atoms with Crippen molar-refractivity contribution in [1.29, 1.82) is 0 Å². The van der Waals surface area contributed by atoms with Gasteiger partial charge in [0, 0.05) is 20.1 Å². The second-order valence-electron chi connectivity index (χ2n) is 3.14. The summed E-state index contributed by atoms with van der Waals surface area (Å²) in [6.07, 6.45) is 1.19. The molecule has 6 heteroatoms. The fourth-order valence-corrected chi connectivity index (χ4v) is 1.23. The summed E-state index contributed by atoms with van der Waals surface area (Å²) in [5, 5.41) is 16.3. The number of rotatable bonds is 1. The molecule has 13 heavy (non-hydrogen) atoms. The van der Waals surface area contributed by atoms with Crippen LogP contribution in [-0.4, -0.2) is 50.1 Å². The molecule has 1 aliphatic heterocycles. The van der Waals surface area contributed by atoms with Crippen molar-refractivity contribution < 1.29 is 9.90 Å². The van der Waals surface area contributed by atoms with Crippen LogP contribution in [0.1, 0.15) is 10.5 Å². The van der Waals surface area contributed by atoms with Crippen molar-refractivity contribution >= 4 is 5.91 Å². The average Bonchev–Trinajstić information content (AvgIpc) is 2.45. The van der Waals surface area contributed by atoms with Gasteiger partial charge in [-0.2, -0.15) is 0 Å². The molecule has 0 saturated carbocycles. The fourth-order valence-electron chi connectivity index (χ4n) is 1.23. The standard InChI is InChI=1S/C7H10N4O2/c1-10-4-6(8-9-10)7(13)11-2-5(12)3-11/h4-5,12H,2-3H2,1H3. The van der Waals surface area contributed by atoms with Crippen molar-refractivity contribution in [3.05, 3.63) is 11.9 Å². The molecule has 0 aromatic carbocycles. The van der Waals surface area contributed by atoms with E-state index in [1.165, 1.54) is 9.58 Å². The van der Waals surface area contributed by atoms with Crippen molar-refractivity contribution in [1.82, 2.24) is 19.9 Å². The van der Waals surface area contributed by atoms with Gasteiger partial charge in [-0.1, -0.05) is 5.21 Å². The molecular formula is C7H10N4O2. The van der Waals surface area contributed by atoms with E-state index < -0.39 is 0 Å². The van der Waals surface area contributed by atoms with Gasteiger partial charge in [-0.3, -0.25) is 9.48 Å². The smallest absolute Gasteiger partial charge is 0.276 e. The van der Waals surface area contributed by atoms with Crippen LogP contribution in [0.25, 0.3) is 0 Å². The Morgan fingerprint density at radius 2 is 2.38 bits per heavy atom. The third-order valence-corrected chi connectivity index (χ3v) is 1.97. The van der Waals surface area contributed by atoms with Gasteiger partial charge in [-0.15, -0.1) is 5.10 Å². The molecule has 70 valence electrons. The number of carbonyl (C=O) groups is 1. The van der Waals surface area contributed by atoms with Crippen molar-refractivity contribution in [2.75, 3.05) is 13.1 Å². The third kappa shape index (κ3) is 1.40. The lowest BCUT2D eigenvalue weighted by Crippen LogP contribution is -2.53. The van der Waals surface area contributed by atoms with Crippen LogP contribution in [0.3, 0.4) is 0 Å². The van der Waals surface area contributed by atoms with Gasteiger partial charge < -0.3 is 10.0 Å². The number of β-amino-alcohol motifs (C(OH)–C–C–N with tert-alkyl or cyclic N) is 1. The SMILES string of the molecule is Cn1cc(C(=O)N2CC(O)C2)nn1. The molecule has 1 N–H and O–H groups in total. The summed E-state index contributed by atoms with van der Waals surface area (Å²) in [6, 6.07) is 0. The van der Waals surface area contributed by atoms with E-state index in [0.717, 1.165) is 0 Å². The maximum Gasteiger partial charge on any atom is 0.276 e. The molecule has 1 saturated heterocycles. The molecule has 1 aromatic rings. The minimum atomic E-state index is -0.374. The van der Waals surface area contributed by atoms with Gasteiger partial charge in [0.25, 0.3) is 5.91 Å². The molecule has 1 fully saturated rings. The van der Waals surface area contributed by atoms with Crippen LogP contribution in [-0.2, 0) is 7.05 Å². The van der Waals surface area contributed by atoms with Crippen LogP contribution in [0.5, 0.6) is 0 Å². The average molecular weight is 182 g/mol. The number of amides is 1. The minimum absolute atomic E-state index is 0.168. The van der Waals surface area contributed by atoms with Crippen LogP contribution in [0.2, 0.25) is 0 Å². The number of aromatic nitrogens is 3. The van der Waals surface area contributed by atoms with E-state index >= 15 is 0 Å². The van der Waals surface area contributed by atoms with Crippen molar-refractivity contribution in [3.63, 3.8) is 0 Å². The lowest BCUT2D eigenvalue weighted by molar-refractivity contribution is 0.00549. The first-order valence-corrected chi connectivity index (χ1v) is 4.00. The maximum absolute atomic E-state index is 11.5. The highest BCUT2D eigenvalue weighted by atomic mass is 16.3. The zero-order valence-electron chi connectivity index (χ0n) is 7.21. The Bertz CT molecular complexity index is 329. The van der Waals surface area contributed by atoms with E-state index in [1.54, 1.807) is 13.2 Å². The summed E-state index contributed by atoms with van der Waals surface area (Å²) in [4.78, 5) is 13.0. The summed E-state index contributed by atoms with van der Waals surface area (Å²) in [5.41, 5.74) is 0.328. The fraction of sp³-hybridized carbons (Fsp3) is 0.571. The Hall–Kier alpha value is -1.43. The molecule has 0 radical (unpaired) electrons. The molecular weight excluding hydrogens is 172 g/mol. The number of aliphatic hydroxyl groups excluding tert-OH is 1. The molecule has 0 aliphatic carbocycles. The Kier molecular flexibility index (Phi) is 1.77. The van der Waals surface area contributed by atoms with Gasteiger partial charge >= 0.3 is 0 Å². The van der Waals surface area contributed by atoms with E-state index in [2.05, 4.69) is 10.3 Å². The monoisotopic (exact) mass is 182 g/mol. The number of hydrogen-bond acceptors (Lipinski definition) is 4. The number of carbonyl (C=O) groups excluding carboxylic acids is 1. The van der Waals surface area contributed by atoms with Gasteiger partial charge in [0.1, 0.15) is 0 Å². The summed E-state index contributed by atoms with van der Waals surface area (Å²) >= 11 is 0. The minimum Gasteiger partial charge on any atom is -0.389 e. The number of aryl methyl sites for hydroxylation is 1. The molecule has 0 bridgehead atoms. The number of hydrogen-bond donors (Lipinski definition) is 1. The molecule has 2 heterocycles. The Balaban J connectivity index is 2.06. The molecule has 1 aliphatic rings. The summed E-state index contributed by atoms with van der Waals surface area (Å²) in [5.74, 6) is -0.168. The topological polar surface area (TPSA) is 71.2 Å². The lowest BCUT2D eigenvalue weighted by atomic mass is 10.1. The highest BCUT2D eigenvalue weighted by Gasteiger charge is 2.30.